The molecule has 0 saturated carbocycles. The van der Waals surface area contributed by atoms with Crippen molar-refractivity contribution in [3.8, 4) is 28.7 Å². The Bertz CT molecular complexity index is 1240. The summed E-state index contributed by atoms with van der Waals surface area (Å²) in [6, 6.07) is 5.53. The van der Waals surface area contributed by atoms with Crippen LogP contribution in [0.3, 0.4) is 0 Å². The Labute approximate surface area is 147 Å². The van der Waals surface area contributed by atoms with E-state index in [1.807, 2.05) is 12.1 Å². The molecular formula is C19H15NO6. The lowest BCUT2D eigenvalue weighted by atomic mass is 10.0. The molecule has 0 fully saturated rings. The Morgan fingerprint density at radius 1 is 1.00 bits per heavy atom. The second-order valence-corrected chi connectivity index (χ2v) is 5.98. The van der Waals surface area contributed by atoms with Gasteiger partial charge in [-0.2, -0.15) is 0 Å². The minimum Gasteiger partial charge on any atom is -0.493 e. The van der Waals surface area contributed by atoms with Gasteiger partial charge in [-0.15, -0.1) is 0 Å². The summed E-state index contributed by atoms with van der Waals surface area (Å²) >= 11 is 0. The largest absolute Gasteiger partial charge is 0.493 e. The molecule has 7 nitrogen and oxygen atoms in total. The van der Waals surface area contributed by atoms with Gasteiger partial charge >= 0.3 is 0 Å². The number of fused-ring (bicyclic) bond motifs is 3. The molecule has 0 bridgehead atoms. The van der Waals surface area contributed by atoms with Gasteiger partial charge in [-0.25, -0.2) is 0 Å². The molecule has 0 unspecified atom stereocenters. The van der Waals surface area contributed by atoms with Gasteiger partial charge in [0.2, 0.25) is 12.5 Å². The maximum absolute atomic E-state index is 13.2. The van der Waals surface area contributed by atoms with Gasteiger partial charge in [-0.1, -0.05) is 0 Å². The topological polar surface area (TPSA) is 67.6 Å². The number of benzene rings is 2. The van der Waals surface area contributed by atoms with E-state index < -0.39 is 0 Å². The molecule has 0 radical (unpaired) electrons. The van der Waals surface area contributed by atoms with Gasteiger partial charge < -0.3 is 23.7 Å². The molecule has 1 aliphatic rings. The Morgan fingerprint density at radius 2 is 1.81 bits per heavy atom. The number of hydrogen-bond donors (Lipinski definition) is 0. The van der Waals surface area contributed by atoms with Gasteiger partial charge in [0.15, 0.2) is 23.0 Å². The van der Waals surface area contributed by atoms with Crippen LogP contribution in [-0.2, 0) is 0 Å². The second-order valence-electron chi connectivity index (χ2n) is 5.98. The molecule has 0 saturated heterocycles. The molecule has 132 valence electrons. The van der Waals surface area contributed by atoms with E-state index in [1.54, 1.807) is 30.9 Å². The van der Waals surface area contributed by atoms with Crippen LogP contribution in [-0.4, -0.2) is 32.5 Å². The third kappa shape index (κ3) is 1.64. The molecule has 7 heteroatoms. The molecule has 1 aliphatic heterocycles. The molecule has 0 aliphatic carbocycles. The van der Waals surface area contributed by atoms with E-state index in [-0.39, 0.29) is 12.4 Å². The average Bonchev–Trinajstić information content (AvgIpc) is 3.30. The average molecular weight is 353 g/mol. The van der Waals surface area contributed by atoms with Crippen molar-refractivity contribution in [1.82, 2.24) is 4.40 Å². The molecule has 5 rings (SSSR count). The fourth-order valence-electron chi connectivity index (χ4n) is 3.78. The van der Waals surface area contributed by atoms with Gasteiger partial charge in [0.25, 0.3) is 5.56 Å². The van der Waals surface area contributed by atoms with Crippen molar-refractivity contribution in [3.63, 3.8) is 0 Å². The minimum atomic E-state index is -0.190. The molecule has 4 aromatic rings. The van der Waals surface area contributed by atoms with Crippen LogP contribution in [0.1, 0.15) is 0 Å². The van der Waals surface area contributed by atoms with Crippen molar-refractivity contribution in [2.24, 2.45) is 0 Å². The Kier molecular flexibility index (Phi) is 2.92. The first-order valence-corrected chi connectivity index (χ1v) is 8.01. The van der Waals surface area contributed by atoms with Crippen molar-refractivity contribution in [2.45, 2.75) is 0 Å². The summed E-state index contributed by atoms with van der Waals surface area (Å²) in [5.74, 6) is 2.47. The van der Waals surface area contributed by atoms with E-state index >= 15 is 0 Å². The standard InChI is InChI=1S/C19H15NO6/c1-22-11-6-9-4-5-20-15(9)13(16(11)23-2)10-7-12-17(26-8-25-12)18(24-3)14(10)19(20)21/h4-7H,8H2,1-3H3. The fourth-order valence-corrected chi connectivity index (χ4v) is 3.78. The number of ether oxygens (including phenoxy) is 5. The van der Waals surface area contributed by atoms with Gasteiger partial charge in [-0.05, 0) is 18.2 Å². The van der Waals surface area contributed by atoms with E-state index in [0.29, 0.717) is 39.5 Å². The molecule has 26 heavy (non-hydrogen) atoms. The van der Waals surface area contributed by atoms with Crippen LogP contribution >= 0.6 is 0 Å². The predicted molar refractivity (Wildman–Crippen MR) is 95.6 cm³/mol. The maximum atomic E-state index is 13.2. The summed E-state index contributed by atoms with van der Waals surface area (Å²) in [6.07, 6.45) is 1.74. The number of methoxy groups -OCH3 is 3. The highest BCUT2D eigenvalue weighted by molar-refractivity contribution is 6.17. The molecule has 2 aromatic carbocycles. The molecule has 3 heterocycles. The van der Waals surface area contributed by atoms with Crippen LogP contribution in [0.4, 0.5) is 0 Å². The highest BCUT2D eigenvalue weighted by Gasteiger charge is 2.28. The van der Waals surface area contributed by atoms with Crippen molar-refractivity contribution in [1.29, 1.82) is 0 Å². The van der Waals surface area contributed by atoms with Crippen LogP contribution in [0, 0.1) is 0 Å². The van der Waals surface area contributed by atoms with Crippen LogP contribution < -0.4 is 29.2 Å². The van der Waals surface area contributed by atoms with Gasteiger partial charge in [0.1, 0.15) is 0 Å². The van der Waals surface area contributed by atoms with Crippen molar-refractivity contribution >= 4 is 27.1 Å². The zero-order chi connectivity index (χ0) is 18.0. The van der Waals surface area contributed by atoms with E-state index in [4.69, 9.17) is 23.7 Å². The van der Waals surface area contributed by atoms with Crippen molar-refractivity contribution in [3.05, 3.63) is 34.7 Å². The van der Waals surface area contributed by atoms with Crippen molar-refractivity contribution in [2.75, 3.05) is 28.1 Å². The highest BCUT2D eigenvalue weighted by atomic mass is 16.7. The summed E-state index contributed by atoms with van der Waals surface area (Å²) in [5.41, 5.74) is 0.575. The minimum absolute atomic E-state index is 0.0831. The second kappa shape index (κ2) is 5.08. The number of hydrogen-bond acceptors (Lipinski definition) is 6. The third-order valence-corrected chi connectivity index (χ3v) is 4.84. The monoisotopic (exact) mass is 353 g/mol. The normalized spacial score (nSPS) is 13.0. The molecular weight excluding hydrogens is 338 g/mol. The first-order valence-electron chi connectivity index (χ1n) is 8.01. The molecule has 2 aromatic heterocycles. The quantitative estimate of drug-likeness (QED) is 0.528. The van der Waals surface area contributed by atoms with E-state index in [9.17, 15) is 4.79 Å². The molecule has 0 spiro atoms. The Morgan fingerprint density at radius 3 is 2.54 bits per heavy atom. The Hall–Kier alpha value is -3.35. The summed E-state index contributed by atoms with van der Waals surface area (Å²) in [7, 11) is 4.67. The summed E-state index contributed by atoms with van der Waals surface area (Å²) in [6.45, 7) is 0.0831. The molecule has 0 N–H and O–H groups in total. The molecule has 0 amide bonds. The zero-order valence-corrected chi connectivity index (χ0v) is 14.4. The van der Waals surface area contributed by atoms with E-state index in [0.717, 1.165) is 16.3 Å². The molecule has 0 atom stereocenters. The lowest BCUT2D eigenvalue weighted by Gasteiger charge is -2.15. The SMILES string of the molecule is COc1cc2ccn3c(=O)c4c(OC)c5c(cc4c(c1OC)c23)OCO5. The summed E-state index contributed by atoms with van der Waals surface area (Å²) < 4.78 is 29.3. The van der Waals surface area contributed by atoms with E-state index in [2.05, 4.69) is 0 Å². The van der Waals surface area contributed by atoms with Crippen LogP contribution in [0.5, 0.6) is 28.7 Å². The number of rotatable bonds is 3. The lowest BCUT2D eigenvalue weighted by molar-refractivity contribution is 0.171. The predicted octanol–water partition coefficient (Wildman–Crippen LogP) is 2.80. The van der Waals surface area contributed by atoms with E-state index in [1.165, 1.54) is 7.11 Å². The van der Waals surface area contributed by atoms with Gasteiger partial charge in [-0.3, -0.25) is 9.20 Å². The summed E-state index contributed by atoms with van der Waals surface area (Å²) in [5, 5.41) is 2.72. The van der Waals surface area contributed by atoms with Crippen molar-refractivity contribution < 1.29 is 23.7 Å². The lowest BCUT2D eigenvalue weighted by Crippen LogP contribution is -2.13. The first kappa shape index (κ1) is 14.9. The Balaban J connectivity index is 2.15. The highest BCUT2D eigenvalue weighted by Crippen LogP contribution is 2.49. The zero-order valence-electron chi connectivity index (χ0n) is 14.4. The number of pyridine rings is 1. The van der Waals surface area contributed by atoms with Crippen LogP contribution in [0.15, 0.2) is 29.2 Å². The third-order valence-electron chi connectivity index (χ3n) is 4.84. The number of aromatic nitrogens is 1. The number of nitrogens with zero attached hydrogens (tertiary/aromatic N) is 1. The maximum Gasteiger partial charge on any atom is 0.266 e. The first-order chi connectivity index (χ1) is 12.7. The van der Waals surface area contributed by atoms with Crippen LogP contribution in [0.25, 0.3) is 27.1 Å². The summed E-state index contributed by atoms with van der Waals surface area (Å²) in [4.78, 5) is 13.2. The van der Waals surface area contributed by atoms with Crippen LogP contribution in [0.2, 0.25) is 0 Å². The van der Waals surface area contributed by atoms with Gasteiger partial charge in [0, 0.05) is 17.0 Å². The van der Waals surface area contributed by atoms with Gasteiger partial charge in [0.05, 0.1) is 37.6 Å². The smallest absolute Gasteiger partial charge is 0.266 e. The fraction of sp³-hybridized carbons (Fsp3) is 0.211.